The third kappa shape index (κ3) is 23.8. The Morgan fingerprint density at radius 3 is 1.03 bits per heavy atom. The highest BCUT2D eigenvalue weighted by molar-refractivity contribution is 6.09. The predicted octanol–water partition coefficient (Wildman–Crippen LogP) is 12.4. The van der Waals surface area contributed by atoms with Gasteiger partial charge in [-0.15, -0.1) is 0 Å². The molecule has 346 valence electrons. The minimum Gasteiger partial charge on any atom is -0.478 e. The van der Waals surface area contributed by atoms with Gasteiger partial charge < -0.3 is 39.0 Å². The van der Waals surface area contributed by atoms with Crippen LogP contribution in [0.1, 0.15) is 225 Å². The molecule has 12 nitrogen and oxygen atoms in total. The van der Waals surface area contributed by atoms with Crippen molar-refractivity contribution in [2.24, 2.45) is 23.7 Å². The van der Waals surface area contributed by atoms with E-state index < -0.39 is 58.4 Å². The summed E-state index contributed by atoms with van der Waals surface area (Å²) >= 11 is 0. The van der Waals surface area contributed by atoms with E-state index in [0.29, 0.717) is 55.4 Å². The van der Waals surface area contributed by atoms with Crippen molar-refractivity contribution in [3.8, 4) is 0 Å². The summed E-state index contributed by atoms with van der Waals surface area (Å²) in [6.07, 6.45) is 17.4. The Labute approximate surface area is 361 Å². The normalized spacial score (nSPS) is 12.5. The van der Waals surface area contributed by atoms with Crippen LogP contribution in [0.4, 0.5) is 0 Å². The standard InChI is InChI=1S/C48H82O12/c1-35(2)25-17-9-13-21-29-56-47(60-46(55)42-34-40(44(51)52)39(43(49)50)33-41(42)45(53)54)48(57-30-22-14-10-18-26-36(3)4,58-31-23-15-11-19-27-37(5)6)59-32-24-16-12-20-28-38(7)8/h33-38,47H,9-32H2,1-8H3,(H,49,50)(H,51,52)(H,53,54). The maximum absolute atomic E-state index is 14.2. The van der Waals surface area contributed by atoms with Gasteiger partial charge in [-0.2, -0.15) is 0 Å². The number of esters is 1. The molecular weight excluding hydrogens is 769 g/mol. The minimum atomic E-state index is -2.03. The molecule has 0 radical (unpaired) electrons. The van der Waals surface area contributed by atoms with Gasteiger partial charge in [0.05, 0.1) is 48.7 Å². The lowest BCUT2D eigenvalue weighted by Gasteiger charge is -2.38. The fourth-order valence-electron chi connectivity index (χ4n) is 6.86. The number of carboxylic acid groups (broad SMARTS) is 3. The molecule has 0 aliphatic carbocycles. The van der Waals surface area contributed by atoms with Gasteiger partial charge in [-0.3, -0.25) is 0 Å². The first kappa shape index (κ1) is 55.0. The zero-order valence-corrected chi connectivity index (χ0v) is 38.5. The molecule has 1 atom stereocenters. The van der Waals surface area contributed by atoms with E-state index in [1.807, 2.05) is 0 Å². The number of carbonyl (C=O) groups is 4. The molecule has 60 heavy (non-hydrogen) atoms. The molecule has 0 saturated heterocycles. The van der Waals surface area contributed by atoms with Crippen LogP contribution in [0.5, 0.6) is 0 Å². The molecule has 1 aromatic carbocycles. The average Bonchev–Trinajstić information content (AvgIpc) is 3.17. The van der Waals surface area contributed by atoms with E-state index in [9.17, 15) is 34.5 Å². The number of hydrogen-bond donors (Lipinski definition) is 3. The SMILES string of the molecule is CC(C)CCCCCCOC(OC(=O)c1cc(C(=O)O)c(C(=O)O)cc1C(=O)O)C(OCCCCCCC(C)C)(OCCCCCCC(C)C)OCCCCCCC(C)C. The summed E-state index contributed by atoms with van der Waals surface area (Å²) in [5.41, 5.74) is -2.92. The van der Waals surface area contributed by atoms with Crippen LogP contribution in [0.3, 0.4) is 0 Å². The quantitative estimate of drug-likeness (QED) is 0.0327. The molecule has 1 rings (SSSR count). The molecule has 0 saturated carbocycles. The lowest BCUT2D eigenvalue weighted by molar-refractivity contribution is -0.449. The first-order valence-electron chi connectivity index (χ1n) is 23.1. The van der Waals surface area contributed by atoms with Crippen molar-refractivity contribution in [3.05, 3.63) is 34.4 Å². The summed E-state index contributed by atoms with van der Waals surface area (Å²) in [6, 6.07) is 1.38. The van der Waals surface area contributed by atoms with Gasteiger partial charge in [-0.05, 0) is 61.5 Å². The van der Waals surface area contributed by atoms with Gasteiger partial charge in [0.2, 0.25) is 0 Å². The lowest BCUT2D eigenvalue weighted by atomic mass is 9.98. The molecule has 0 bridgehead atoms. The first-order chi connectivity index (χ1) is 28.5. The van der Waals surface area contributed by atoms with E-state index >= 15 is 0 Å². The Balaban J connectivity index is 3.65. The van der Waals surface area contributed by atoms with E-state index in [1.165, 1.54) is 0 Å². The van der Waals surface area contributed by atoms with Crippen LogP contribution in [-0.2, 0) is 23.7 Å². The fourth-order valence-corrected chi connectivity index (χ4v) is 6.86. The molecule has 1 aromatic rings. The van der Waals surface area contributed by atoms with Crippen LogP contribution < -0.4 is 0 Å². The summed E-state index contributed by atoms with van der Waals surface area (Å²) in [4.78, 5) is 50.6. The molecule has 3 N–H and O–H groups in total. The Morgan fingerprint density at radius 2 is 0.717 bits per heavy atom. The number of ether oxygens (including phenoxy) is 5. The van der Waals surface area contributed by atoms with Gasteiger partial charge in [-0.25, -0.2) is 19.2 Å². The second kappa shape index (κ2) is 31.7. The molecular formula is C48H82O12. The van der Waals surface area contributed by atoms with Gasteiger partial charge in [-0.1, -0.05) is 158 Å². The number of unbranched alkanes of at least 4 members (excludes halogenated alkanes) is 12. The Morgan fingerprint density at radius 1 is 0.433 bits per heavy atom. The van der Waals surface area contributed by atoms with Crippen molar-refractivity contribution >= 4 is 23.9 Å². The molecule has 0 fully saturated rings. The predicted molar refractivity (Wildman–Crippen MR) is 235 cm³/mol. The van der Waals surface area contributed by atoms with Crippen LogP contribution >= 0.6 is 0 Å². The number of benzene rings is 1. The van der Waals surface area contributed by atoms with Crippen LogP contribution in [0.25, 0.3) is 0 Å². The summed E-state index contributed by atoms with van der Waals surface area (Å²) in [5.74, 6) is -5.78. The van der Waals surface area contributed by atoms with Crippen LogP contribution in [0.15, 0.2) is 12.1 Å². The largest absolute Gasteiger partial charge is 0.478 e. The van der Waals surface area contributed by atoms with Crippen molar-refractivity contribution in [3.63, 3.8) is 0 Å². The lowest BCUT2D eigenvalue weighted by Crippen LogP contribution is -2.54. The molecule has 0 aliphatic rings. The number of carbonyl (C=O) groups excluding carboxylic acids is 1. The van der Waals surface area contributed by atoms with Crippen molar-refractivity contribution in [1.82, 2.24) is 0 Å². The van der Waals surface area contributed by atoms with Gasteiger partial charge in [0.1, 0.15) is 0 Å². The summed E-state index contributed by atoms with van der Waals surface area (Å²) < 4.78 is 32.0. The number of rotatable bonds is 38. The van der Waals surface area contributed by atoms with E-state index in [4.69, 9.17) is 23.7 Å². The maximum atomic E-state index is 14.2. The molecule has 12 heteroatoms. The van der Waals surface area contributed by atoms with E-state index in [-0.39, 0.29) is 26.4 Å². The van der Waals surface area contributed by atoms with Crippen molar-refractivity contribution in [1.29, 1.82) is 0 Å². The number of aromatic carboxylic acids is 3. The minimum absolute atomic E-state index is 0.140. The van der Waals surface area contributed by atoms with Crippen LogP contribution in [-0.4, -0.2) is 77.9 Å². The van der Waals surface area contributed by atoms with Crippen LogP contribution in [0, 0.1) is 23.7 Å². The van der Waals surface area contributed by atoms with E-state index in [0.717, 1.165) is 109 Å². The highest BCUT2D eigenvalue weighted by atomic mass is 16.9. The Bertz CT molecular complexity index is 1300. The van der Waals surface area contributed by atoms with Gasteiger partial charge in [0.15, 0.2) is 0 Å². The molecule has 0 spiro atoms. The van der Waals surface area contributed by atoms with E-state index in [2.05, 4.69) is 55.4 Å². The third-order valence-electron chi connectivity index (χ3n) is 10.5. The first-order valence-corrected chi connectivity index (χ1v) is 23.1. The van der Waals surface area contributed by atoms with Crippen LogP contribution in [0.2, 0.25) is 0 Å². The monoisotopic (exact) mass is 851 g/mol. The summed E-state index contributed by atoms with van der Waals surface area (Å²) in [6.45, 7) is 18.4. The number of carboxylic acids is 3. The van der Waals surface area contributed by atoms with Gasteiger partial charge in [0.25, 0.3) is 6.29 Å². The van der Waals surface area contributed by atoms with Crippen molar-refractivity contribution in [2.75, 3.05) is 26.4 Å². The highest BCUT2D eigenvalue weighted by Gasteiger charge is 2.48. The molecule has 0 amide bonds. The highest BCUT2D eigenvalue weighted by Crippen LogP contribution is 2.30. The molecule has 0 aromatic heterocycles. The molecule has 0 aliphatic heterocycles. The topological polar surface area (TPSA) is 175 Å². The average molecular weight is 851 g/mol. The van der Waals surface area contributed by atoms with Crippen molar-refractivity contribution in [2.45, 2.75) is 196 Å². The Kier molecular flexibility index (Phi) is 29.1. The molecule has 1 unspecified atom stereocenters. The second-order valence-electron chi connectivity index (χ2n) is 18.0. The summed E-state index contributed by atoms with van der Waals surface area (Å²) in [5, 5.41) is 29.6. The number of hydrogen-bond acceptors (Lipinski definition) is 9. The fraction of sp³-hybridized carbons (Fsp3) is 0.792. The smallest absolute Gasteiger partial charge is 0.349 e. The third-order valence-corrected chi connectivity index (χ3v) is 10.5. The maximum Gasteiger partial charge on any atom is 0.349 e. The van der Waals surface area contributed by atoms with E-state index in [1.54, 1.807) is 0 Å². The van der Waals surface area contributed by atoms with Crippen molar-refractivity contribution < 1.29 is 58.2 Å². The zero-order valence-electron chi connectivity index (χ0n) is 38.5. The second-order valence-corrected chi connectivity index (χ2v) is 18.0. The van der Waals surface area contributed by atoms with Gasteiger partial charge >= 0.3 is 29.9 Å². The zero-order chi connectivity index (χ0) is 44.9. The van der Waals surface area contributed by atoms with Gasteiger partial charge in [0, 0.05) is 0 Å². The Hall–Kier alpha value is -3.06. The molecule has 0 heterocycles. The summed E-state index contributed by atoms with van der Waals surface area (Å²) in [7, 11) is 0.